The first-order valence-corrected chi connectivity index (χ1v) is 4.39. The van der Waals surface area contributed by atoms with Gasteiger partial charge in [-0.15, -0.1) is 0 Å². The molecule has 1 aromatic carbocycles. The molecule has 0 radical (unpaired) electrons. The number of non-ortho nitro benzene ring substituents is 1. The molecular weight excluding hydrogens is 180 g/mol. The Kier molecular flexibility index (Phi) is 3.34. The average Bonchev–Trinajstić information content (AvgIpc) is 2.20. The Morgan fingerprint density at radius 2 is 2.00 bits per heavy atom. The van der Waals surface area contributed by atoms with Gasteiger partial charge in [-0.05, 0) is 24.1 Å². The first-order valence-electron chi connectivity index (χ1n) is 4.39. The van der Waals surface area contributed by atoms with Crippen molar-refractivity contribution in [3.8, 4) is 0 Å². The molecule has 0 atom stereocenters. The average molecular weight is 192 g/mol. The smallest absolute Gasteiger partial charge is 0.269 e. The van der Waals surface area contributed by atoms with Crippen LogP contribution in [-0.4, -0.2) is 17.7 Å². The van der Waals surface area contributed by atoms with Gasteiger partial charge in [-0.1, -0.05) is 6.92 Å². The Morgan fingerprint density at radius 1 is 1.43 bits per heavy atom. The molecule has 4 nitrogen and oxygen atoms in total. The molecule has 0 bridgehead atoms. The van der Waals surface area contributed by atoms with Crippen molar-refractivity contribution >= 4 is 11.4 Å². The van der Waals surface area contributed by atoms with E-state index in [1.165, 1.54) is 12.1 Å². The monoisotopic (exact) mass is 192 g/mol. The molecule has 1 aromatic rings. The van der Waals surface area contributed by atoms with Gasteiger partial charge in [0.15, 0.2) is 0 Å². The normalized spacial score (nSPS) is 11.4. The highest BCUT2D eigenvalue weighted by atomic mass is 16.6. The Hall–Kier alpha value is -1.71. The highest BCUT2D eigenvalue weighted by Gasteiger charge is 2.05. The second kappa shape index (κ2) is 4.50. The number of aliphatic imine (C=N–C) groups is 1. The van der Waals surface area contributed by atoms with E-state index < -0.39 is 4.92 Å². The molecule has 0 aromatic heterocycles. The van der Waals surface area contributed by atoms with Gasteiger partial charge < -0.3 is 0 Å². The van der Waals surface area contributed by atoms with Crippen molar-refractivity contribution in [2.45, 2.75) is 13.3 Å². The first-order chi connectivity index (χ1) is 6.69. The Labute approximate surface area is 82.4 Å². The molecule has 0 aliphatic carbocycles. The van der Waals surface area contributed by atoms with Crippen LogP contribution in [0.1, 0.15) is 18.9 Å². The van der Waals surface area contributed by atoms with Crippen LogP contribution in [0.3, 0.4) is 0 Å². The Balaban J connectivity index is 2.99. The van der Waals surface area contributed by atoms with Crippen LogP contribution >= 0.6 is 0 Å². The summed E-state index contributed by atoms with van der Waals surface area (Å²) in [6, 6.07) is 6.44. The second-order valence-electron chi connectivity index (χ2n) is 2.83. The van der Waals surface area contributed by atoms with Crippen LogP contribution in [0, 0.1) is 10.1 Å². The molecule has 0 aliphatic heterocycles. The molecule has 0 spiro atoms. The van der Waals surface area contributed by atoms with E-state index in [2.05, 4.69) is 4.99 Å². The lowest BCUT2D eigenvalue weighted by Gasteiger charge is -2.01. The molecule has 0 saturated carbocycles. The van der Waals surface area contributed by atoms with Crippen molar-refractivity contribution in [2.24, 2.45) is 4.99 Å². The molecule has 4 heteroatoms. The molecule has 1 rings (SSSR count). The maximum absolute atomic E-state index is 10.4. The van der Waals surface area contributed by atoms with Gasteiger partial charge in [0.2, 0.25) is 0 Å². The van der Waals surface area contributed by atoms with Crippen LogP contribution in [0.4, 0.5) is 5.69 Å². The van der Waals surface area contributed by atoms with Gasteiger partial charge in [-0.3, -0.25) is 15.1 Å². The third kappa shape index (κ3) is 2.16. The van der Waals surface area contributed by atoms with Crippen LogP contribution in [0.25, 0.3) is 0 Å². The van der Waals surface area contributed by atoms with Gasteiger partial charge in [0.1, 0.15) is 0 Å². The summed E-state index contributed by atoms with van der Waals surface area (Å²) >= 11 is 0. The topological polar surface area (TPSA) is 55.5 Å². The summed E-state index contributed by atoms with van der Waals surface area (Å²) in [6.07, 6.45) is 0.828. The summed E-state index contributed by atoms with van der Waals surface area (Å²) in [7, 11) is 1.72. The Bertz CT molecular complexity index is 355. The number of rotatable bonds is 3. The van der Waals surface area contributed by atoms with E-state index in [1.54, 1.807) is 19.2 Å². The molecule has 0 fully saturated rings. The van der Waals surface area contributed by atoms with Crippen LogP contribution in [0.5, 0.6) is 0 Å². The largest absolute Gasteiger partial charge is 0.292 e. The second-order valence-corrected chi connectivity index (χ2v) is 2.83. The van der Waals surface area contributed by atoms with Crippen molar-refractivity contribution in [2.75, 3.05) is 7.05 Å². The van der Waals surface area contributed by atoms with Gasteiger partial charge in [0.25, 0.3) is 5.69 Å². The van der Waals surface area contributed by atoms with Crippen LogP contribution in [0.15, 0.2) is 29.3 Å². The van der Waals surface area contributed by atoms with Crippen LogP contribution in [0.2, 0.25) is 0 Å². The minimum absolute atomic E-state index is 0.111. The number of hydrogen-bond donors (Lipinski definition) is 0. The summed E-state index contributed by atoms with van der Waals surface area (Å²) in [5.41, 5.74) is 2.01. The van der Waals surface area contributed by atoms with Crippen molar-refractivity contribution in [1.82, 2.24) is 0 Å². The van der Waals surface area contributed by atoms with E-state index in [0.717, 1.165) is 17.7 Å². The zero-order valence-corrected chi connectivity index (χ0v) is 8.23. The standard InChI is InChI=1S/C10H12N2O2/c1-3-10(11-2)8-4-6-9(7-5-8)12(13)14/h4-7H,3H2,1-2H3. The maximum atomic E-state index is 10.4. The predicted molar refractivity (Wildman–Crippen MR) is 55.8 cm³/mol. The van der Waals surface area contributed by atoms with Crippen molar-refractivity contribution in [3.63, 3.8) is 0 Å². The summed E-state index contributed by atoms with van der Waals surface area (Å²) < 4.78 is 0. The summed E-state index contributed by atoms with van der Waals surface area (Å²) in [6.45, 7) is 2.00. The van der Waals surface area contributed by atoms with E-state index in [4.69, 9.17) is 0 Å². The van der Waals surface area contributed by atoms with E-state index >= 15 is 0 Å². The van der Waals surface area contributed by atoms with Gasteiger partial charge in [0.05, 0.1) is 4.92 Å². The van der Waals surface area contributed by atoms with Crippen molar-refractivity contribution in [3.05, 3.63) is 39.9 Å². The summed E-state index contributed by atoms with van der Waals surface area (Å²) in [4.78, 5) is 14.1. The van der Waals surface area contributed by atoms with Crippen LogP contribution < -0.4 is 0 Å². The third-order valence-corrected chi connectivity index (χ3v) is 2.02. The number of benzene rings is 1. The van der Waals surface area contributed by atoms with Gasteiger partial charge in [-0.25, -0.2) is 0 Å². The van der Waals surface area contributed by atoms with Crippen molar-refractivity contribution < 1.29 is 4.92 Å². The number of nitro benzene ring substituents is 1. The summed E-state index contributed by atoms with van der Waals surface area (Å²) in [5.74, 6) is 0. The quantitative estimate of drug-likeness (QED) is 0.419. The highest BCUT2D eigenvalue weighted by Crippen LogP contribution is 2.13. The highest BCUT2D eigenvalue weighted by molar-refractivity contribution is 6.00. The predicted octanol–water partition coefficient (Wildman–Crippen LogP) is 2.42. The molecule has 0 unspecified atom stereocenters. The minimum Gasteiger partial charge on any atom is -0.292 e. The molecule has 0 N–H and O–H groups in total. The molecule has 0 saturated heterocycles. The number of nitro groups is 1. The fourth-order valence-electron chi connectivity index (χ4n) is 1.27. The SMILES string of the molecule is CCC(=NC)c1ccc([N+](=O)[O-])cc1. The Morgan fingerprint density at radius 3 is 2.36 bits per heavy atom. The van der Waals surface area contributed by atoms with Gasteiger partial charge in [-0.2, -0.15) is 0 Å². The van der Waals surface area contributed by atoms with Gasteiger partial charge >= 0.3 is 0 Å². The lowest BCUT2D eigenvalue weighted by Crippen LogP contribution is -1.98. The maximum Gasteiger partial charge on any atom is 0.269 e. The van der Waals surface area contributed by atoms with Crippen LogP contribution in [-0.2, 0) is 0 Å². The number of nitrogens with zero attached hydrogens (tertiary/aromatic N) is 2. The van der Waals surface area contributed by atoms with E-state index in [-0.39, 0.29) is 5.69 Å². The lowest BCUT2D eigenvalue weighted by molar-refractivity contribution is -0.384. The third-order valence-electron chi connectivity index (χ3n) is 2.02. The lowest BCUT2D eigenvalue weighted by atomic mass is 10.1. The molecule has 14 heavy (non-hydrogen) atoms. The van der Waals surface area contributed by atoms with E-state index in [9.17, 15) is 10.1 Å². The van der Waals surface area contributed by atoms with Gasteiger partial charge in [0, 0.05) is 24.9 Å². The van der Waals surface area contributed by atoms with Crippen molar-refractivity contribution in [1.29, 1.82) is 0 Å². The van der Waals surface area contributed by atoms with E-state index in [1.807, 2.05) is 6.92 Å². The number of hydrogen-bond acceptors (Lipinski definition) is 3. The fourth-order valence-corrected chi connectivity index (χ4v) is 1.27. The fraction of sp³-hybridized carbons (Fsp3) is 0.300. The van der Waals surface area contributed by atoms with E-state index in [0.29, 0.717) is 0 Å². The summed E-state index contributed by atoms with van der Waals surface area (Å²) in [5, 5.41) is 10.4. The molecule has 0 heterocycles. The zero-order valence-electron chi connectivity index (χ0n) is 8.23. The molecule has 0 amide bonds. The molecular formula is C10H12N2O2. The molecule has 74 valence electrons. The first kappa shape index (κ1) is 10.4. The minimum atomic E-state index is -0.404. The molecule has 0 aliphatic rings. The zero-order chi connectivity index (χ0) is 10.6.